The number of benzene rings is 1. The Bertz CT molecular complexity index is 413. The molecule has 132 valence electrons. The average Bonchev–Trinajstić information content (AvgIpc) is 2.57. The van der Waals surface area contributed by atoms with Crippen molar-refractivity contribution in [2.45, 2.75) is 54.7 Å². The number of aryl methyl sites for hydroxylation is 1. The van der Waals surface area contributed by atoms with Crippen molar-refractivity contribution in [2.75, 3.05) is 32.3 Å². The van der Waals surface area contributed by atoms with Crippen molar-refractivity contribution < 1.29 is 14.9 Å². The third kappa shape index (κ3) is 8.34. The van der Waals surface area contributed by atoms with Gasteiger partial charge < -0.3 is 14.9 Å². The van der Waals surface area contributed by atoms with Crippen LogP contribution >= 0.6 is 23.5 Å². The van der Waals surface area contributed by atoms with E-state index in [0.717, 1.165) is 29.2 Å². The van der Waals surface area contributed by atoms with E-state index in [1.54, 1.807) is 23.5 Å². The maximum absolute atomic E-state index is 10.1. The van der Waals surface area contributed by atoms with E-state index >= 15 is 0 Å². The first kappa shape index (κ1) is 20.7. The number of hydrogen-bond acceptors (Lipinski definition) is 5. The van der Waals surface area contributed by atoms with Crippen LogP contribution in [0.5, 0.6) is 5.75 Å². The van der Waals surface area contributed by atoms with Gasteiger partial charge in [-0.05, 0) is 49.5 Å². The van der Waals surface area contributed by atoms with Gasteiger partial charge in [-0.15, -0.1) is 23.5 Å². The van der Waals surface area contributed by atoms with Crippen LogP contribution in [0, 0.1) is 0 Å². The van der Waals surface area contributed by atoms with Gasteiger partial charge in [0.1, 0.15) is 5.75 Å². The van der Waals surface area contributed by atoms with Crippen molar-refractivity contribution >= 4 is 23.5 Å². The summed E-state index contributed by atoms with van der Waals surface area (Å²) in [5.74, 6) is 0.428. The molecule has 0 radical (unpaired) electrons. The lowest BCUT2D eigenvalue weighted by atomic mass is 10.0. The van der Waals surface area contributed by atoms with E-state index in [1.165, 1.54) is 37.7 Å². The van der Waals surface area contributed by atoms with Crippen molar-refractivity contribution in [3.63, 3.8) is 0 Å². The molecule has 0 atom stereocenters. The van der Waals surface area contributed by atoms with Crippen LogP contribution in [-0.2, 0) is 11.2 Å². The second-order valence-electron chi connectivity index (χ2n) is 5.56. The molecule has 1 rings (SSSR count). The Kier molecular flexibility index (Phi) is 11.7. The minimum absolute atomic E-state index is 0.119. The van der Waals surface area contributed by atoms with Crippen LogP contribution < -0.4 is 0 Å². The molecular weight excluding hydrogens is 328 g/mol. The van der Waals surface area contributed by atoms with Crippen LogP contribution in [0.15, 0.2) is 21.9 Å². The quantitative estimate of drug-likeness (QED) is 0.394. The second-order valence-corrected chi connectivity index (χ2v) is 7.25. The van der Waals surface area contributed by atoms with Crippen LogP contribution in [0.1, 0.15) is 44.1 Å². The molecule has 0 spiro atoms. The summed E-state index contributed by atoms with van der Waals surface area (Å²) in [5, 5.41) is 18.7. The molecule has 5 heteroatoms. The highest BCUT2D eigenvalue weighted by atomic mass is 32.2. The lowest BCUT2D eigenvalue weighted by Crippen LogP contribution is -2.00. The summed E-state index contributed by atoms with van der Waals surface area (Å²) in [6.07, 6.45) is 12.4. The molecule has 3 nitrogen and oxygen atoms in total. The summed E-state index contributed by atoms with van der Waals surface area (Å²) in [5.41, 5.74) is 1.33. The number of thioether (sulfide) groups is 2. The summed E-state index contributed by atoms with van der Waals surface area (Å²) in [6.45, 7) is 1.35. The van der Waals surface area contributed by atoms with Gasteiger partial charge in [-0.1, -0.05) is 25.7 Å². The molecule has 0 amide bonds. The van der Waals surface area contributed by atoms with Gasteiger partial charge in [0.05, 0.1) is 23.0 Å². The largest absolute Gasteiger partial charge is 0.506 e. The van der Waals surface area contributed by atoms with Crippen molar-refractivity contribution in [2.24, 2.45) is 0 Å². The van der Waals surface area contributed by atoms with E-state index in [4.69, 9.17) is 9.84 Å². The fourth-order valence-electron chi connectivity index (χ4n) is 2.50. The van der Waals surface area contributed by atoms with Crippen LogP contribution in [0.2, 0.25) is 0 Å². The molecule has 1 aromatic rings. The molecular formula is C18H30O3S2. The summed E-state index contributed by atoms with van der Waals surface area (Å²) in [6, 6.07) is 4.25. The predicted octanol–water partition coefficient (Wildman–Crippen LogP) is 4.73. The number of rotatable bonds is 13. The Labute approximate surface area is 149 Å². The Balaban J connectivity index is 2.18. The van der Waals surface area contributed by atoms with Gasteiger partial charge in [0, 0.05) is 6.61 Å². The monoisotopic (exact) mass is 358 g/mol. The highest BCUT2D eigenvalue weighted by Crippen LogP contribution is 2.36. The molecule has 0 fully saturated rings. The van der Waals surface area contributed by atoms with Crippen LogP contribution in [0.3, 0.4) is 0 Å². The first-order chi connectivity index (χ1) is 11.2. The Morgan fingerprint density at radius 1 is 0.870 bits per heavy atom. The van der Waals surface area contributed by atoms with Gasteiger partial charge in [-0.2, -0.15) is 0 Å². The van der Waals surface area contributed by atoms with Crippen molar-refractivity contribution in [3.05, 3.63) is 17.7 Å². The van der Waals surface area contributed by atoms with Crippen molar-refractivity contribution in [3.8, 4) is 5.75 Å². The molecule has 0 aliphatic heterocycles. The van der Waals surface area contributed by atoms with Gasteiger partial charge >= 0.3 is 0 Å². The number of phenolic OH excluding ortho intramolecular Hbond substituents is 1. The van der Waals surface area contributed by atoms with E-state index in [2.05, 4.69) is 12.1 Å². The number of aliphatic hydroxyl groups is 1. The molecule has 0 aliphatic rings. The van der Waals surface area contributed by atoms with E-state index in [-0.39, 0.29) is 6.61 Å². The lowest BCUT2D eigenvalue weighted by molar-refractivity contribution is 0.0895. The highest BCUT2D eigenvalue weighted by molar-refractivity contribution is 7.99. The number of phenols is 1. The van der Waals surface area contributed by atoms with Crippen LogP contribution in [-0.4, -0.2) is 42.5 Å². The molecule has 23 heavy (non-hydrogen) atoms. The van der Waals surface area contributed by atoms with Crippen LogP contribution in [0.4, 0.5) is 0 Å². The first-order valence-electron chi connectivity index (χ1n) is 8.35. The zero-order chi connectivity index (χ0) is 16.9. The minimum atomic E-state index is 0.119. The summed E-state index contributed by atoms with van der Waals surface area (Å²) >= 11 is 3.21. The predicted molar refractivity (Wildman–Crippen MR) is 101 cm³/mol. The maximum atomic E-state index is 10.1. The van der Waals surface area contributed by atoms with Gasteiger partial charge in [-0.3, -0.25) is 0 Å². The number of hydrogen-bond donors (Lipinski definition) is 2. The fraction of sp³-hybridized carbons (Fsp3) is 0.667. The Morgan fingerprint density at radius 2 is 1.43 bits per heavy atom. The molecule has 0 saturated carbocycles. The molecule has 0 bridgehead atoms. The number of unbranched alkanes of at least 4 members (excludes halogenated alkanes) is 5. The van der Waals surface area contributed by atoms with Gasteiger partial charge in [0.15, 0.2) is 0 Å². The number of ether oxygens (including phenoxy) is 1. The molecule has 0 unspecified atom stereocenters. The number of aliphatic hydroxyl groups excluding tert-OH is 1. The van der Waals surface area contributed by atoms with E-state index < -0.39 is 0 Å². The van der Waals surface area contributed by atoms with E-state index in [9.17, 15) is 5.11 Å². The molecule has 0 aliphatic carbocycles. The summed E-state index contributed by atoms with van der Waals surface area (Å²) in [7, 11) is 0. The average molecular weight is 359 g/mol. The summed E-state index contributed by atoms with van der Waals surface area (Å²) < 4.78 is 5.25. The topological polar surface area (TPSA) is 49.7 Å². The second kappa shape index (κ2) is 13.0. The Hall–Kier alpha value is -0.360. The maximum Gasteiger partial charge on any atom is 0.142 e. The smallest absolute Gasteiger partial charge is 0.142 e. The molecule has 2 N–H and O–H groups in total. The fourth-order valence-corrected chi connectivity index (χ4v) is 3.71. The third-order valence-corrected chi connectivity index (χ3v) is 5.28. The number of aromatic hydroxyl groups is 1. The van der Waals surface area contributed by atoms with Gasteiger partial charge in [-0.25, -0.2) is 0 Å². The van der Waals surface area contributed by atoms with Gasteiger partial charge in [0.2, 0.25) is 0 Å². The van der Waals surface area contributed by atoms with Gasteiger partial charge in [0.25, 0.3) is 0 Å². The molecule has 1 aromatic carbocycles. The van der Waals surface area contributed by atoms with Crippen molar-refractivity contribution in [1.29, 1.82) is 0 Å². The first-order valence-corrected chi connectivity index (χ1v) is 10.8. The normalized spacial score (nSPS) is 11.1. The lowest BCUT2D eigenvalue weighted by Gasteiger charge is -2.10. The SMILES string of the molecule is CSc1cc(CCCCCCCCOCCO)cc(SC)c1O. The van der Waals surface area contributed by atoms with E-state index in [1.807, 2.05) is 12.5 Å². The zero-order valence-corrected chi connectivity index (χ0v) is 16.0. The molecule has 0 saturated heterocycles. The molecule has 0 aromatic heterocycles. The standard InChI is InChI=1S/C18H30O3S2/c1-22-16-13-15(14-17(23-2)18(16)20)9-7-5-3-4-6-8-11-21-12-10-19/h13-14,19-20H,3-12H2,1-2H3. The highest BCUT2D eigenvalue weighted by Gasteiger charge is 2.08. The van der Waals surface area contributed by atoms with Crippen molar-refractivity contribution in [1.82, 2.24) is 0 Å². The molecule has 0 heterocycles. The minimum Gasteiger partial charge on any atom is -0.506 e. The zero-order valence-electron chi connectivity index (χ0n) is 14.3. The van der Waals surface area contributed by atoms with E-state index in [0.29, 0.717) is 12.4 Å². The third-order valence-electron chi connectivity index (χ3n) is 3.78. The summed E-state index contributed by atoms with van der Waals surface area (Å²) in [4.78, 5) is 1.96. The van der Waals surface area contributed by atoms with Crippen LogP contribution in [0.25, 0.3) is 0 Å². The Morgan fingerprint density at radius 3 is 2.00 bits per heavy atom.